The number of benzene rings is 2. The van der Waals surface area contributed by atoms with Crippen molar-refractivity contribution in [1.29, 1.82) is 0 Å². The minimum atomic E-state index is -0.0477. The average molecular weight is 405 g/mol. The maximum atomic E-state index is 12.9. The molecule has 0 radical (unpaired) electrons. The number of nitrogens with zero attached hydrogens (tertiary/aromatic N) is 3. The molecule has 0 N–H and O–H groups in total. The molecular formula is C24H27N3O3. The van der Waals surface area contributed by atoms with Crippen molar-refractivity contribution < 1.29 is 9.53 Å². The van der Waals surface area contributed by atoms with Crippen molar-refractivity contribution >= 4 is 16.8 Å². The van der Waals surface area contributed by atoms with Gasteiger partial charge in [-0.2, -0.15) is 0 Å². The highest BCUT2D eigenvalue weighted by atomic mass is 16.5. The number of carbonyl (C=O) groups is 1. The summed E-state index contributed by atoms with van der Waals surface area (Å²) in [6, 6.07) is 13.7. The van der Waals surface area contributed by atoms with Crippen molar-refractivity contribution in [3.8, 4) is 5.75 Å². The van der Waals surface area contributed by atoms with Gasteiger partial charge in [0.2, 0.25) is 5.91 Å². The van der Waals surface area contributed by atoms with E-state index in [1.165, 1.54) is 0 Å². The molecule has 0 spiro atoms. The number of fused-ring (bicyclic) bond motifs is 1. The number of hydrogen-bond donors (Lipinski definition) is 0. The molecule has 6 heteroatoms. The lowest BCUT2D eigenvalue weighted by atomic mass is 10.0. The number of carbonyl (C=O) groups excluding carboxylic acids is 1. The van der Waals surface area contributed by atoms with Gasteiger partial charge in [-0.1, -0.05) is 24.3 Å². The molecule has 4 rings (SSSR count). The molecule has 1 unspecified atom stereocenters. The predicted octanol–water partition coefficient (Wildman–Crippen LogP) is 3.86. The Bertz CT molecular complexity index is 1100. The molecule has 1 atom stereocenters. The van der Waals surface area contributed by atoms with E-state index in [1.54, 1.807) is 18.0 Å². The fourth-order valence-corrected chi connectivity index (χ4v) is 4.28. The lowest BCUT2D eigenvalue weighted by Crippen LogP contribution is -2.31. The number of aromatic nitrogens is 2. The summed E-state index contributed by atoms with van der Waals surface area (Å²) < 4.78 is 6.84. The van der Waals surface area contributed by atoms with Gasteiger partial charge in [0, 0.05) is 19.5 Å². The number of para-hydroxylation sites is 1. The fraction of sp³-hybridized carbons (Fsp3) is 0.375. The largest absolute Gasteiger partial charge is 0.497 e. The summed E-state index contributed by atoms with van der Waals surface area (Å²) in [7, 11) is 1.65. The fourth-order valence-electron chi connectivity index (χ4n) is 4.28. The molecule has 0 bridgehead atoms. The molecule has 1 fully saturated rings. The van der Waals surface area contributed by atoms with E-state index >= 15 is 0 Å². The SMILES string of the molecule is COc1ccc(C2CCCN2C(=O)CCCn2cnc3c(C)cccc3c2=O)cc1. The topological polar surface area (TPSA) is 64.4 Å². The van der Waals surface area contributed by atoms with Crippen LogP contribution in [0.15, 0.2) is 53.6 Å². The first-order valence-corrected chi connectivity index (χ1v) is 10.5. The number of ether oxygens (including phenoxy) is 1. The third-order valence-electron chi connectivity index (χ3n) is 5.92. The van der Waals surface area contributed by atoms with Crippen LogP contribution in [0.3, 0.4) is 0 Å². The average Bonchev–Trinajstić information content (AvgIpc) is 3.26. The molecule has 3 aromatic rings. The van der Waals surface area contributed by atoms with Gasteiger partial charge in [-0.05, 0) is 55.5 Å². The van der Waals surface area contributed by atoms with Gasteiger partial charge in [-0.3, -0.25) is 14.2 Å². The highest BCUT2D eigenvalue weighted by Crippen LogP contribution is 2.33. The minimum absolute atomic E-state index is 0.0477. The Balaban J connectivity index is 1.40. The zero-order chi connectivity index (χ0) is 21.1. The molecule has 0 aliphatic carbocycles. The molecule has 2 aromatic carbocycles. The summed E-state index contributed by atoms with van der Waals surface area (Å²) in [4.78, 5) is 32.0. The second kappa shape index (κ2) is 8.69. The van der Waals surface area contributed by atoms with Crippen molar-refractivity contribution in [1.82, 2.24) is 14.5 Å². The molecule has 6 nitrogen and oxygen atoms in total. The molecule has 1 saturated heterocycles. The Kier molecular flexibility index (Phi) is 5.84. The van der Waals surface area contributed by atoms with Crippen LogP contribution in [0.1, 0.15) is 42.9 Å². The van der Waals surface area contributed by atoms with Gasteiger partial charge < -0.3 is 9.64 Å². The van der Waals surface area contributed by atoms with Crippen LogP contribution in [-0.2, 0) is 11.3 Å². The minimum Gasteiger partial charge on any atom is -0.497 e. The van der Waals surface area contributed by atoms with Crippen molar-refractivity contribution in [2.45, 2.75) is 45.2 Å². The van der Waals surface area contributed by atoms with Gasteiger partial charge >= 0.3 is 0 Å². The molecule has 1 aromatic heterocycles. The van der Waals surface area contributed by atoms with Crippen LogP contribution in [0.4, 0.5) is 0 Å². The third-order valence-corrected chi connectivity index (χ3v) is 5.92. The summed E-state index contributed by atoms with van der Waals surface area (Å²) in [5.41, 5.74) is 2.83. The zero-order valence-corrected chi connectivity index (χ0v) is 17.5. The number of aryl methyl sites for hydroxylation is 2. The molecule has 2 heterocycles. The molecule has 0 saturated carbocycles. The summed E-state index contributed by atoms with van der Waals surface area (Å²) in [6.45, 7) is 3.22. The molecule has 1 amide bonds. The van der Waals surface area contributed by atoms with E-state index in [4.69, 9.17) is 4.74 Å². The summed E-state index contributed by atoms with van der Waals surface area (Å²) in [6.07, 6.45) is 4.62. The van der Waals surface area contributed by atoms with E-state index in [2.05, 4.69) is 4.98 Å². The van der Waals surface area contributed by atoms with Crippen LogP contribution in [0.2, 0.25) is 0 Å². The third kappa shape index (κ3) is 3.95. The molecular weight excluding hydrogens is 378 g/mol. The zero-order valence-electron chi connectivity index (χ0n) is 17.5. The van der Waals surface area contributed by atoms with Crippen LogP contribution in [0.5, 0.6) is 5.75 Å². The lowest BCUT2D eigenvalue weighted by Gasteiger charge is -2.25. The standard InChI is InChI=1S/C24H27N3O3/c1-17-6-3-7-20-23(17)25-16-26(24(20)29)14-5-9-22(28)27-15-4-8-21(27)18-10-12-19(30-2)13-11-18/h3,6-7,10-13,16,21H,4-5,8-9,14-15H2,1-2H3. The quantitative estimate of drug-likeness (QED) is 0.625. The Morgan fingerprint density at radius 3 is 2.77 bits per heavy atom. The van der Waals surface area contributed by atoms with Gasteiger partial charge in [0.1, 0.15) is 5.75 Å². The van der Waals surface area contributed by atoms with E-state index in [9.17, 15) is 9.59 Å². The first-order chi connectivity index (χ1) is 14.6. The van der Waals surface area contributed by atoms with E-state index in [-0.39, 0.29) is 17.5 Å². The summed E-state index contributed by atoms with van der Waals surface area (Å²) in [5.74, 6) is 0.963. The summed E-state index contributed by atoms with van der Waals surface area (Å²) >= 11 is 0. The van der Waals surface area contributed by atoms with E-state index in [0.717, 1.165) is 41.8 Å². The van der Waals surface area contributed by atoms with Gasteiger partial charge in [-0.25, -0.2) is 4.98 Å². The van der Waals surface area contributed by atoms with Crippen LogP contribution < -0.4 is 10.3 Å². The van der Waals surface area contributed by atoms with Crippen LogP contribution in [-0.4, -0.2) is 34.0 Å². The van der Waals surface area contributed by atoms with Gasteiger partial charge in [-0.15, -0.1) is 0 Å². The highest BCUT2D eigenvalue weighted by molar-refractivity contribution is 5.80. The number of hydrogen-bond acceptors (Lipinski definition) is 4. The Morgan fingerprint density at radius 1 is 1.20 bits per heavy atom. The first kappa shape index (κ1) is 20.1. The highest BCUT2D eigenvalue weighted by Gasteiger charge is 2.29. The normalized spacial score (nSPS) is 16.2. The smallest absolute Gasteiger partial charge is 0.261 e. The molecule has 1 aliphatic heterocycles. The van der Waals surface area contributed by atoms with Gasteiger partial charge in [0.15, 0.2) is 0 Å². The number of rotatable bonds is 6. The van der Waals surface area contributed by atoms with Crippen LogP contribution >= 0.6 is 0 Å². The molecule has 30 heavy (non-hydrogen) atoms. The van der Waals surface area contributed by atoms with E-state index < -0.39 is 0 Å². The van der Waals surface area contributed by atoms with Gasteiger partial charge in [0.25, 0.3) is 5.56 Å². The lowest BCUT2D eigenvalue weighted by molar-refractivity contribution is -0.132. The van der Waals surface area contributed by atoms with Crippen molar-refractivity contribution in [2.24, 2.45) is 0 Å². The van der Waals surface area contributed by atoms with Crippen molar-refractivity contribution in [3.05, 3.63) is 70.3 Å². The number of likely N-dealkylation sites (tertiary alicyclic amines) is 1. The first-order valence-electron chi connectivity index (χ1n) is 10.5. The monoisotopic (exact) mass is 405 g/mol. The Labute approximate surface area is 176 Å². The maximum absolute atomic E-state index is 12.9. The second-order valence-electron chi connectivity index (χ2n) is 7.84. The predicted molar refractivity (Wildman–Crippen MR) is 117 cm³/mol. The summed E-state index contributed by atoms with van der Waals surface area (Å²) in [5, 5.41) is 0.628. The number of methoxy groups -OCH3 is 1. The Hall–Kier alpha value is -3.15. The van der Waals surface area contributed by atoms with Crippen LogP contribution in [0.25, 0.3) is 10.9 Å². The Morgan fingerprint density at radius 2 is 2.00 bits per heavy atom. The van der Waals surface area contributed by atoms with Gasteiger partial charge in [0.05, 0.1) is 30.4 Å². The van der Waals surface area contributed by atoms with E-state index in [0.29, 0.717) is 24.8 Å². The molecule has 1 aliphatic rings. The molecule has 156 valence electrons. The second-order valence-corrected chi connectivity index (χ2v) is 7.84. The maximum Gasteiger partial charge on any atom is 0.261 e. The van der Waals surface area contributed by atoms with Crippen molar-refractivity contribution in [2.75, 3.05) is 13.7 Å². The van der Waals surface area contributed by atoms with Crippen molar-refractivity contribution in [3.63, 3.8) is 0 Å². The number of amides is 1. The van der Waals surface area contributed by atoms with E-state index in [1.807, 2.05) is 54.3 Å². The van der Waals surface area contributed by atoms with Crippen LogP contribution in [0, 0.1) is 6.92 Å².